The molecule has 1 aliphatic rings. The third-order valence-corrected chi connectivity index (χ3v) is 5.00. The highest BCUT2D eigenvalue weighted by molar-refractivity contribution is 5.19. The van der Waals surface area contributed by atoms with Crippen LogP contribution in [0.15, 0.2) is 24.3 Å². The average molecular weight is 263 g/mol. The Kier molecular flexibility index (Phi) is 4.29. The smallest absolute Gasteiger partial charge is 0.123 e. The molecular formula is C17H26FN. The number of hydrogen-bond donors (Lipinski definition) is 1. The van der Waals surface area contributed by atoms with Crippen LogP contribution in [0.5, 0.6) is 0 Å². The molecule has 0 aromatic heterocycles. The first-order valence-electron chi connectivity index (χ1n) is 7.42. The SMILES string of the molecule is CC1CCC(C(C)(N)Cc2cccc(F)c2)CC1C. The summed E-state index contributed by atoms with van der Waals surface area (Å²) in [5, 5.41) is 0. The van der Waals surface area contributed by atoms with E-state index in [0.717, 1.165) is 23.8 Å². The number of benzene rings is 1. The zero-order valence-corrected chi connectivity index (χ0v) is 12.3. The van der Waals surface area contributed by atoms with Crippen molar-refractivity contribution in [2.45, 2.75) is 52.0 Å². The van der Waals surface area contributed by atoms with Crippen molar-refractivity contribution in [3.63, 3.8) is 0 Å². The summed E-state index contributed by atoms with van der Waals surface area (Å²) in [6.45, 7) is 6.79. The van der Waals surface area contributed by atoms with E-state index >= 15 is 0 Å². The zero-order chi connectivity index (χ0) is 14.0. The summed E-state index contributed by atoms with van der Waals surface area (Å²) in [5.41, 5.74) is 7.34. The molecule has 1 fully saturated rings. The first-order chi connectivity index (χ1) is 8.88. The van der Waals surface area contributed by atoms with E-state index in [1.54, 1.807) is 12.1 Å². The Morgan fingerprint density at radius 1 is 1.26 bits per heavy atom. The lowest BCUT2D eigenvalue weighted by Crippen LogP contribution is -2.48. The second-order valence-corrected chi connectivity index (χ2v) is 6.78. The highest BCUT2D eigenvalue weighted by atomic mass is 19.1. The largest absolute Gasteiger partial charge is 0.325 e. The van der Waals surface area contributed by atoms with E-state index in [4.69, 9.17) is 5.73 Å². The van der Waals surface area contributed by atoms with E-state index in [1.807, 2.05) is 6.07 Å². The highest BCUT2D eigenvalue weighted by Crippen LogP contribution is 2.39. The minimum Gasteiger partial charge on any atom is -0.325 e. The number of hydrogen-bond acceptors (Lipinski definition) is 1. The van der Waals surface area contributed by atoms with Crippen molar-refractivity contribution < 1.29 is 4.39 Å². The normalized spacial score (nSPS) is 30.9. The van der Waals surface area contributed by atoms with Gasteiger partial charge in [-0.25, -0.2) is 4.39 Å². The average Bonchev–Trinajstić information content (AvgIpc) is 2.32. The standard InChI is InChI=1S/C17H26FN/c1-12-7-8-15(9-13(12)2)17(3,19)11-14-5-4-6-16(18)10-14/h4-6,10,12-13,15H,7-9,11,19H2,1-3H3. The first-order valence-corrected chi connectivity index (χ1v) is 7.42. The van der Waals surface area contributed by atoms with E-state index in [-0.39, 0.29) is 11.4 Å². The van der Waals surface area contributed by atoms with Gasteiger partial charge >= 0.3 is 0 Å². The molecule has 4 unspecified atom stereocenters. The zero-order valence-electron chi connectivity index (χ0n) is 12.3. The molecule has 0 bridgehead atoms. The third-order valence-electron chi connectivity index (χ3n) is 5.00. The molecule has 1 nitrogen and oxygen atoms in total. The summed E-state index contributed by atoms with van der Waals surface area (Å²) >= 11 is 0. The molecule has 0 saturated heterocycles. The summed E-state index contributed by atoms with van der Waals surface area (Å²) in [7, 11) is 0. The summed E-state index contributed by atoms with van der Waals surface area (Å²) in [6.07, 6.45) is 4.43. The third kappa shape index (κ3) is 3.56. The van der Waals surface area contributed by atoms with Gasteiger partial charge in [-0.2, -0.15) is 0 Å². The summed E-state index contributed by atoms with van der Waals surface area (Å²) < 4.78 is 13.3. The lowest BCUT2D eigenvalue weighted by atomic mass is 9.67. The Balaban J connectivity index is 2.05. The molecule has 2 heteroatoms. The van der Waals surface area contributed by atoms with Crippen LogP contribution in [0.1, 0.15) is 45.6 Å². The van der Waals surface area contributed by atoms with Crippen LogP contribution < -0.4 is 5.73 Å². The van der Waals surface area contributed by atoms with Crippen molar-refractivity contribution in [3.8, 4) is 0 Å². The second kappa shape index (κ2) is 5.62. The van der Waals surface area contributed by atoms with Gasteiger partial charge in [0.25, 0.3) is 0 Å². The molecule has 19 heavy (non-hydrogen) atoms. The Labute approximate surface area is 116 Å². The van der Waals surface area contributed by atoms with Crippen LogP contribution in [0, 0.1) is 23.6 Å². The maximum atomic E-state index is 13.3. The minimum absolute atomic E-state index is 0.168. The number of rotatable bonds is 3. The minimum atomic E-state index is -0.234. The van der Waals surface area contributed by atoms with Crippen molar-refractivity contribution in [3.05, 3.63) is 35.6 Å². The monoisotopic (exact) mass is 263 g/mol. The Morgan fingerprint density at radius 3 is 2.63 bits per heavy atom. The van der Waals surface area contributed by atoms with Crippen molar-refractivity contribution in [1.29, 1.82) is 0 Å². The molecule has 0 aliphatic heterocycles. The van der Waals surface area contributed by atoms with Gasteiger partial charge < -0.3 is 5.73 Å². The van der Waals surface area contributed by atoms with Gasteiger partial charge in [-0.1, -0.05) is 32.4 Å². The fourth-order valence-corrected chi connectivity index (χ4v) is 3.38. The summed E-state index contributed by atoms with van der Waals surface area (Å²) in [4.78, 5) is 0. The molecule has 0 heterocycles. The molecule has 1 aliphatic carbocycles. The predicted molar refractivity (Wildman–Crippen MR) is 78.4 cm³/mol. The first kappa shape index (κ1) is 14.5. The molecule has 1 saturated carbocycles. The predicted octanol–water partition coefficient (Wildman–Crippen LogP) is 4.16. The van der Waals surface area contributed by atoms with Crippen LogP contribution in [0.2, 0.25) is 0 Å². The Bertz CT molecular complexity index is 427. The maximum Gasteiger partial charge on any atom is 0.123 e. The summed E-state index contributed by atoms with van der Waals surface area (Å²) in [6, 6.07) is 6.84. The van der Waals surface area contributed by atoms with E-state index < -0.39 is 0 Å². The van der Waals surface area contributed by atoms with Crippen LogP contribution in [0.4, 0.5) is 4.39 Å². The molecular weight excluding hydrogens is 237 g/mol. The maximum absolute atomic E-state index is 13.3. The van der Waals surface area contributed by atoms with Gasteiger partial charge in [0.15, 0.2) is 0 Å². The molecule has 0 radical (unpaired) electrons. The molecule has 0 spiro atoms. The highest BCUT2D eigenvalue weighted by Gasteiger charge is 2.35. The van der Waals surface area contributed by atoms with E-state index in [0.29, 0.717) is 5.92 Å². The fourth-order valence-electron chi connectivity index (χ4n) is 3.38. The van der Waals surface area contributed by atoms with Gasteiger partial charge in [-0.15, -0.1) is 0 Å². The topological polar surface area (TPSA) is 26.0 Å². The van der Waals surface area contributed by atoms with Gasteiger partial charge in [0, 0.05) is 5.54 Å². The van der Waals surface area contributed by atoms with E-state index in [9.17, 15) is 4.39 Å². The molecule has 2 N–H and O–H groups in total. The second-order valence-electron chi connectivity index (χ2n) is 6.78. The van der Waals surface area contributed by atoms with Crippen LogP contribution in [-0.4, -0.2) is 5.54 Å². The molecule has 1 aromatic carbocycles. The molecule has 106 valence electrons. The van der Waals surface area contributed by atoms with E-state index in [1.165, 1.54) is 25.3 Å². The van der Waals surface area contributed by atoms with Crippen molar-refractivity contribution in [2.24, 2.45) is 23.5 Å². The van der Waals surface area contributed by atoms with Gasteiger partial charge in [-0.05, 0) is 61.6 Å². The van der Waals surface area contributed by atoms with Crippen molar-refractivity contribution in [2.75, 3.05) is 0 Å². The van der Waals surface area contributed by atoms with Crippen molar-refractivity contribution >= 4 is 0 Å². The fraction of sp³-hybridized carbons (Fsp3) is 0.647. The molecule has 4 atom stereocenters. The Morgan fingerprint density at radius 2 is 2.00 bits per heavy atom. The molecule has 2 rings (SSSR count). The van der Waals surface area contributed by atoms with Crippen LogP contribution >= 0.6 is 0 Å². The van der Waals surface area contributed by atoms with Gasteiger partial charge in [-0.3, -0.25) is 0 Å². The quantitative estimate of drug-likeness (QED) is 0.870. The number of halogens is 1. The van der Waals surface area contributed by atoms with Gasteiger partial charge in [0.1, 0.15) is 5.82 Å². The van der Waals surface area contributed by atoms with Gasteiger partial charge in [0.2, 0.25) is 0 Å². The lowest BCUT2D eigenvalue weighted by Gasteiger charge is -2.41. The van der Waals surface area contributed by atoms with Crippen LogP contribution in [-0.2, 0) is 6.42 Å². The van der Waals surface area contributed by atoms with Crippen molar-refractivity contribution in [1.82, 2.24) is 0 Å². The van der Waals surface area contributed by atoms with E-state index in [2.05, 4.69) is 20.8 Å². The number of nitrogens with two attached hydrogens (primary N) is 1. The van der Waals surface area contributed by atoms with Crippen LogP contribution in [0.3, 0.4) is 0 Å². The summed E-state index contributed by atoms with van der Waals surface area (Å²) in [5.74, 6) is 1.93. The lowest BCUT2D eigenvalue weighted by molar-refractivity contribution is 0.142. The molecule has 0 amide bonds. The molecule has 1 aromatic rings. The van der Waals surface area contributed by atoms with Gasteiger partial charge in [0.05, 0.1) is 0 Å². The van der Waals surface area contributed by atoms with Crippen LogP contribution in [0.25, 0.3) is 0 Å². The Hall–Kier alpha value is -0.890.